The molecule has 0 N–H and O–H groups in total. The molecular weight excluding hydrogens is 210 g/mol. The number of pyridine rings is 1. The number of nitrogens with zero attached hydrogens (tertiary/aromatic N) is 1. The van der Waals surface area contributed by atoms with E-state index in [1.165, 1.54) is 0 Å². The summed E-state index contributed by atoms with van der Waals surface area (Å²) in [4.78, 5) is 3.53. The van der Waals surface area contributed by atoms with Gasteiger partial charge in [-0.05, 0) is 18.9 Å². The molecule has 1 saturated carbocycles. The van der Waals surface area contributed by atoms with E-state index < -0.39 is 17.6 Å². The SMILES string of the molecule is Fc1cc(C(F)(F)F)cnc1[C]1CCC1. The minimum absolute atomic E-state index is 0.0919. The number of alkyl halides is 3. The van der Waals surface area contributed by atoms with Crippen molar-refractivity contribution in [2.75, 3.05) is 0 Å². The summed E-state index contributed by atoms with van der Waals surface area (Å²) in [6, 6.07) is 0.508. The molecule has 0 bridgehead atoms. The van der Waals surface area contributed by atoms with E-state index in [0.717, 1.165) is 25.2 Å². The van der Waals surface area contributed by atoms with Gasteiger partial charge in [0.15, 0.2) is 0 Å². The first-order chi connectivity index (χ1) is 6.98. The molecule has 15 heavy (non-hydrogen) atoms. The Hall–Kier alpha value is -1.13. The number of aromatic nitrogens is 1. The van der Waals surface area contributed by atoms with Crippen LogP contribution in [0.4, 0.5) is 17.6 Å². The zero-order valence-electron chi connectivity index (χ0n) is 7.74. The quantitative estimate of drug-likeness (QED) is 0.659. The Bertz CT molecular complexity index is 368. The predicted molar refractivity (Wildman–Crippen MR) is 45.4 cm³/mol. The Labute approximate surface area is 84.1 Å². The van der Waals surface area contributed by atoms with Crippen molar-refractivity contribution in [1.82, 2.24) is 4.98 Å². The monoisotopic (exact) mass is 218 g/mol. The van der Waals surface area contributed by atoms with Gasteiger partial charge in [-0.15, -0.1) is 0 Å². The number of halogens is 4. The number of hydrogen-bond acceptors (Lipinski definition) is 1. The summed E-state index contributed by atoms with van der Waals surface area (Å²) < 4.78 is 49.8. The van der Waals surface area contributed by atoms with Crippen molar-refractivity contribution in [1.29, 1.82) is 0 Å². The molecule has 0 aliphatic heterocycles. The molecule has 81 valence electrons. The molecule has 2 rings (SSSR count). The Morgan fingerprint density at radius 1 is 1.20 bits per heavy atom. The molecule has 0 saturated heterocycles. The second-order valence-electron chi connectivity index (χ2n) is 3.51. The fourth-order valence-electron chi connectivity index (χ4n) is 1.44. The van der Waals surface area contributed by atoms with Gasteiger partial charge in [-0.2, -0.15) is 13.2 Å². The first-order valence-electron chi connectivity index (χ1n) is 4.56. The molecule has 1 aliphatic rings. The summed E-state index contributed by atoms with van der Waals surface area (Å²) >= 11 is 0. The molecule has 1 heterocycles. The van der Waals surface area contributed by atoms with Gasteiger partial charge in [-0.1, -0.05) is 6.42 Å². The second-order valence-corrected chi connectivity index (χ2v) is 3.51. The average molecular weight is 218 g/mol. The number of rotatable bonds is 1. The first-order valence-corrected chi connectivity index (χ1v) is 4.56. The van der Waals surface area contributed by atoms with Crippen molar-refractivity contribution in [3.05, 3.63) is 35.3 Å². The van der Waals surface area contributed by atoms with Crippen LogP contribution in [0.2, 0.25) is 0 Å². The van der Waals surface area contributed by atoms with Crippen LogP contribution in [-0.4, -0.2) is 4.98 Å². The molecule has 0 atom stereocenters. The Kier molecular flexibility index (Phi) is 2.40. The third kappa shape index (κ3) is 1.96. The van der Waals surface area contributed by atoms with Crippen LogP contribution in [0.5, 0.6) is 0 Å². The highest BCUT2D eigenvalue weighted by atomic mass is 19.4. The molecule has 1 aliphatic carbocycles. The van der Waals surface area contributed by atoms with Crippen molar-refractivity contribution < 1.29 is 17.6 Å². The van der Waals surface area contributed by atoms with Crippen LogP contribution in [0.25, 0.3) is 0 Å². The van der Waals surface area contributed by atoms with Crippen molar-refractivity contribution in [2.45, 2.75) is 25.4 Å². The molecule has 5 heteroatoms. The van der Waals surface area contributed by atoms with Gasteiger partial charge in [0.25, 0.3) is 0 Å². The molecule has 1 nitrogen and oxygen atoms in total. The lowest BCUT2D eigenvalue weighted by Crippen LogP contribution is -2.15. The Morgan fingerprint density at radius 3 is 2.27 bits per heavy atom. The van der Waals surface area contributed by atoms with Gasteiger partial charge in [0, 0.05) is 12.1 Å². The van der Waals surface area contributed by atoms with Crippen molar-refractivity contribution in [2.24, 2.45) is 0 Å². The maximum atomic E-state index is 13.3. The molecule has 1 aromatic heterocycles. The van der Waals surface area contributed by atoms with E-state index in [1.807, 2.05) is 0 Å². The molecule has 0 spiro atoms. The van der Waals surface area contributed by atoms with E-state index in [9.17, 15) is 17.6 Å². The minimum atomic E-state index is -4.53. The summed E-state index contributed by atoms with van der Waals surface area (Å²) in [5, 5.41) is 0. The van der Waals surface area contributed by atoms with Gasteiger partial charge in [-0.3, -0.25) is 4.98 Å². The van der Waals surface area contributed by atoms with E-state index >= 15 is 0 Å². The van der Waals surface area contributed by atoms with Crippen LogP contribution in [0.15, 0.2) is 12.3 Å². The van der Waals surface area contributed by atoms with E-state index in [-0.39, 0.29) is 5.69 Å². The molecular formula is C10H8F4N. The normalized spacial score (nSPS) is 17.6. The molecule has 1 fully saturated rings. The average Bonchev–Trinajstić information content (AvgIpc) is 2.03. The van der Waals surface area contributed by atoms with Gasteiger partial charge in [-0.25, -0.2) is 4.39 Å². The molecule has 0 aromatic carbocycles. The van der Waals surface area contributed by atoms with Crippen LogP contribution in [0.3, 0.4) is 0 Å². The lowest BCUT2D eigenvalue weighted by atomic mass is 9.82. The molecule has 1 aromatic rings. The van der Waals surface area contributed by atoms with E-state index in [0.29, 0.717) is 12.3 Å². The summed E-state index contributed by atoms with van der Waals surface area (Å²) in [5.41, 5.74) is -0.946. The van der Waals surface area contributed by atoms with E-state index in [2.05, 4.69) is 4.98 Å². The van der Waals surface area contributed by atoms with Crippen LogP contribution < -0.4 is 0 Å². The van der Waals surface area contributed by atoms with E-state index in [4.69, 9.17) is 0 Å². The first kappa shape index (κ1) is 10.4. The van der Waals surface area contributed by atoms with Crippen LogP contribution in [0.1, 0.15) is 30.5 Å². The van der Waals surface area contributed by atoms with Crippen molar-refractivity contribution in [3.8, 4) is 0 Å². The van der Waals surface area contributed by atoms with Crippen molar-refractivity contribution in [3.63, 3.8) is 0 Å². The van der Waals surface area contributed by atoms with Crippen LogP contribution in [0, 0.1) is 11.7 Å². The molecule has 0 unspecified atom stereocenters. The predicted octanol–water partition coefficient (Wildman–Crippen LogP) is 3.35. The van der Waals surface area contributed by atoms with Crippen LogP contribution >= 0.6 is 0 Å². The Morgan fingerprint density at radius 2 is 1.87 bits per heavy atom. The highest BCUT2D eigenvalue weighted by Gasteiger charge is 2.33. The number of hydrogen-bond donors (Lipinski definition) is 0. The summed E-state index contributed by atoms with van der Waals surface area (Å²) in [7, 11) is 0. The second kappa shape index (κ2) is 3.47. The minimum Gasteiger partial charge on any atom is -0.257 e. The summed E-state index contributed by atoms with van der Waals surface area (Å²) in [5.74, 6) is -0.0688. The largest absolute Gasteiger partial charge is 0.417 e. The van der Waals surface area contributed by atoms with Crippen LogP contribution in [-0.2, 0) is 6.18 Å². The zero-order valence-corrected chi connectivity index (χ0v) is 7.74. The molecule has 0 amide bonds. The maximum Gasteiger partial charge on any atom is 0.417 e. The third-order valence-electron chi connectivity index (χ3n) is 2.46. The molecule has 1 radical (unpaired) electrons. The summed E-state index contributed by atoms with van der Waals surface area (Å²) in [6.45, 7) is 0. The zero-order chi connectivity index (χ0) is 11.1. The van der Waals surface area contributed by atoms with Gasteiger partial charge < -0.3 is 0 Å². The fraction of sp³-hybridized carbons (Fsp3) is 0.400. The van der Waals surface area contributed by atoms with Gasteiger partial charge in [0.05, 0.1) is 11.3 Å². The summed E-state index contributed by atoms with van der Waals surface area (Å²) in [6.07, 6.45) is -1.43. The van der Waals surface area contributed by atoms with Gasteiger partial charge >= 0.3 is 6.18 Å². The highest BCUT2D eigenvalue weighted by Crippen LogP contribution is 2.37. The maximum absolute atomic E-state index is 13.3. The van der Waals surface area contributed by atoms with Crippen molar-refractivity contribution >= 4 is 0 Å². The lowest BCUT2D eigenvalue weighted by Gasteiger charge is -2.24. The van der Waals surface area contributed by atoms with Gasteiger partial charge in [0.1, 0.15) is 5.82 Å². The standard InChI is InChI=1S/C10H8F4N/c11-8-4-7(10(12,13)14)5-15-9(8)6-2-1-3-6/h4-5H,1-3H2. The fourth-order valence-corrected chi connectivity index (χ4v) is 1.44. The van der Waals surface area contributed by atoms with Gasteiger partial charge in [0.2, 0.25) is 0 Å². The topological polar surface area (TPSA) is 12.9 Å². The van der Waals surface area contributed by atoms with E-state index in [1.54, 1.807) is 0 Å². The highest BCUT2D eigenvalue weighted by molar-refractivity contribution is 5.31. The lowest BCUT2D eigenvalue weighted by molar-refractivity contribution is -0.138. The third-order valence-corrected chi connectivity index (χ3v) is 2.46. The Balaban J connectivity index is 2.30. The smallest absolute Gasteiger partial charge is 0.257 e.